The van der Waals surface area contributed by atoms with Crippen molar-refractivity contribution in [2.75, 3.05) is 7.05 Å². The van der Waals surface area contributed by atoms with Crippen LogP contribution in [0.25, 0.3) is 0 Å². The number of hydrogen-bond acceptors (Lipinski definition) is 1. The van der Waals surface area contributed by atoms with Crippen LogP contribution >= 0.6 is 11.6 Å². The normalized spacial score (nSPS) is 14.8. The molecule has 0 bridgehead atoms. The number of aryl methyl sites for hydroxylation is 1. The van der Waals surface area contributed by atoms with Crippen molar-refractivity contribution in [1.29, 1.82) is 0 Å². The summed E-state index contributed by atoms with van der Waals surface area (Å²) in [6.07, 6.45) is 2.46. The third kappa shape index (κ3) is 4.62. The van der Waals surface area contributed by atoms with Crippen LogP contribution in [-0.4, -0.2) is 7.05 Å². The fourth-order valence-corrected chi connectivity index (χ4v) is 2.96. The third-order valence-corrected chi connectivity index (χ3v) is 3.70. The molecule has 0 aliphatic carbocycles. The summed E-state index contributed by atoms with van der Waals surface area (Å²) < 4.78 is 0. The van der Waals surface area contributed by atoms with E-state index < -0.39 is 0 Å². The van der Waals surface area contributed by atoms with Crippen molar-refractivity contribution in [2.45, 2.75) is 46.6 Å². The van der Waals surface area contributed by atoms with Crippen molar-refractivity contribution < 1.29 is 0 Å². The molecule has 1 N–H and O–H groups in total. The summed E-state index contributed by atoms with van der Waals surface area (Å²) in [4.78, 5) is 0. The average molecular weight is 268 g/mol. The molecular weight excluding hydrogens is 242 g/mol. The van der Waals surface area contributed by atoms with Crippen LogP contribution < -0.4 is 5.32 Å². The second kappa shape index (κ2) is 7.16. The molecule has 1 aromatic carbocycles. The molecule has 102 valence electrons. The number of benzene rings is 1. The third-order valence-electron chi connectivity index (χ3n) is 3.47. The van der Waals surface area contributed by atoms with Crippen LogP contribution in [-0.2, 0) is 0 Å². The zero-order valence-electron chi connectivity index (χ0n) is 12.3. The van der Waals surface area contributed by atoms with Crippen molar-refractivity contribution >= 4 is 11.6 Å². The van der Waals surface area contributed by atoms with E-state index in [0.29, 0.717) is 6.04 Å². The monoisotopic (exact) mass is 267 g/mol. The van der Waals surface area contributed by atoms with Gasteiger partial charge in [-0.1, -0.05) is 38.4 Å². The number of nitrogens with one attached hydrogen (secondary N) is 1. The number of halogens is 1. The molecule has 0 saturated carbocycles. The van der Waals surface area contributed by atoms with Gasteiger partial charge in [0.2, 0.25) is 0 Å². The van der Waals surface area contributed by atoms with Gasteiger partial charge < -0.3 is 5.32 Å². The van der Waals surface area contributed by atoms with Crippen molar-refractivity contribution in [2.24, 2.45) is 11.8 Å². The van der Waals surface area contributed by atoms with Gasteiger partial charge in [0.05, 0.1) is 0 Å². The van der Waals surface area contributed by atoms with E-state index in [0.717, 1.165) is 16.9 Å². The Bertz CT molecular complexity index is 373. The van der Waals surface area contributed by atoms with Crippen LogP contribution in [0.3, 0.4) is 0 Å². The highest BCUT2D eigenvalue weighted by Gasteiger charge is 2.16. The van der Waals surface area contributed by atoms with E-state index in [2.05, 4.69) is 39.1 Å². The Hall–Kier alpha value is -0.530. The molecule has 1 nitrogen and oxygen atoms in total. The Labute approximate surface area is 117 Å². The molecule has 0 amide bonds. The predicted molar refractivity (Wildman–Crippen MR) is 81.2 cm³/mol. The van der Waals surface area contributed by atoms with Crippen molar-refractivity contribution in [1.82, 2.24) is 5.32 Å². The minimum absolute atomic E-state index is 0.427. The van der Waals surface area contributed by atoms with Crippen LogP contribution in [0.2, 0.25) is 5.02 Å². The first-order valence-electron chi connectivity index (χ1n) is 6.87. The van der Waals surface area contributed by atoms with Gasteiger partial charge in [0, 0.05) is 11.1 Å². The summed E-state index contributed by atoms with van der Waals surface area (Å²) in [6.45, 7) is 9.06. The molecule has 0 heterocycles. The molecule has 2 unspecified atom stereocenters. The second-order valence-corrected chi connectivity index (χ2v) is 6.25. The highest BCUT2D eigenvalue weighted by Crippen LogP contribution is 2.28. The first-order chi connectivity index (χ1) is 8.43. The summed E-state index contributed by atoms with van der Waals surface area (Å²) in [7, 11) is 2.04. The lowest BCUT2D eigenvalue weighted by Crippen LogP contribution is -2.20. The predicted octanol–water partition coefficient (Wildman–Crippen LogP) is 4.98. The minimum Gasteiger partial charge on any atom is -0.313 e. The summed E-state index contributed by atoms with van der Waals surface area (Å²) in [5.74, 6) is 1.50. The zero-order chi connectivity index (χ0) is 13.7. The van der Waals surface area contributed by atoms with Gasteiger partial charge in [-0.3, -0.25) is 0 Å². The lowest BCUT2D eigenvalue weighted by molar-refractivity contribution is 0.366. The van der Waals surface area contributed by atoms with Gasteiger partial charge in [-0.05, 0) is 61.9 Å². The lowest BCUT2D eigenvalue weighted by Gasteiger charge is -2.23. The van der Waals surface area contributed by atoms with Crippen molar-refractivity contribution in [3.8, 4) is 0 Å². The summed E-state index contributed by atoms with van der Waals surface area (Å²) in [5.41, 5.74) is 2.65. The molecule has 18 heavy (non-hydrogen) atoms. The molecular formula is C16H26ClN. The Morgan fingerprint density at radius 2 is 1.83 bits per heavy atom. The van der Waals surface area contributed by atoms with E-state index in [1.807, 2.05) is 19.2 Å². The van der Waals surface area contributed by atoms with Crippen molar-refractivity contribution in [3.05, 3.63) is 34.3 Å². The van der Waals surface area contributed by atoms with E-state index in [9.17, 15) is 0 Å². The molecule has 0 aromatic heterocycles. The van der Waals surface area contributed by atoms with Crippen LogP contribution in [0.5, 0.6) is 0 Å². The Balaban J connectivity index is 2.76. The molecule has 2 heteroatoms. The molecule has 1 rings (SSSR count). The van der Waals surface area contributed by atoms with Gasteiger partial charge in [0.25, 0.3) is 0 Å². The fourth-order valence-electron chi connectivity index (χ4n) is 2.73. The highest BCUT2D eigenvalue weighted by molar-refractivity contribution is 6.30. The van der Waals surface area contributed by atoms with Gasteiger partial charge in [0.15, 0.2) is 0 Å². The van der Waals surface area contributed by atoms with E-state index in [1.165, 1.54) is 24.0 Å². The molecule has 0 saturated heterocycles. The molecule has 0 aliphatic heterocycles. The van der Waals surface area contributed by atoms with Gasteiger partial charge in [-0.2, -0.15) is 0 Å². The van der Waals surface area contributed by atoms with E-state index in [1.54, 1.807) is 0 Å². The minimum atomic E-state index is 0.427. The number of hydrogen-bond donors (Lipinski definition) is 1. The Kier molecular flexibility index (Phi) is 6.17. The van der Waals surface area contributed by atoms with Crippen molar-refractivity contribution in [3.63, 3.8) is 0 Å². The maximum Gasteiger partial charge on any atom is 0.0408 e. The number of rotatable bonds is 6. The van der Waals surface area contributed by atoms with Gasteiger partial charge in [-0.25, -0.2) is 0 Å². The zero-order valence-corrected chi connectivity index (χ0v) is 13.0. The van der Waals surface area contributed by atoms with Gasteiger partial charge in [-0.15, -0.1) is 0 Å². The lowest BCUT2D eigenvalue weighted by atomic mass is 9.88. The first-order valence-corrected chi connectivity index (χ1v) is 7.25. The van der Waals surface area contributed by atoms with E-state index in [4.69, 9.17) is 11.6 Å². The average Bonchev–Trinajstić information content (AvgIpc) is 2.25. The van der Waals surface area contributed by atoms with Crippen LogP contribution in [0.4, 0.5) is 0 Å². The smallest absolute Gasteiger partial charge is 0.0408 e. The quantitative estimate of drug-likeness (QED) is 0.766. The molecule has 0 spiro atoms. The van der Waals surface area contributed by atoms with Crippen LogP contribution in [0, 0.1) is 18.8 Å². The second-order valence-electron chi connectivity index (χ2n) is 5.81. The molecule has 2 atom stereocenters. The maximum atomic E-state index is 6.02. The van der Waals surface area contributed by atoms with E-state index >= 15 is 0 Å². The Morgan fingerprint density at radius 1 is 1.17 bits per heavy atom. The standard InChI is InChI=1S/C16H26ClN/c1-11(2)8-12(3)9-16(18-5)15-7-6-14(17)10-13(15)4/h6-7,10-12,16,18H,8-9H2,1-5H3. The van der Waals surface area contributed by atoms with Crippen LogP contribution in [0.15, 0.2) is 18.2 Å². The van der Waals surface area contributed by atoms with Crippen LogP contribution in [0.1, 0.15) is 50.8 Å². The summed E-state index contributed by atoms with van der Waals surface area (Å²) >= 11 is 6.02. The Morgan fingerprint density at radius 3 is 2.33 bits per heavy atom. The summed E-state index contributed by atoms with van der Waals surface area (Å²) in [6, 6.07) is 6.62. The van der Waals surface area contributed by atoms with Gasteiger partial charge in [0.1, 0.15) is 0 Å². The molecule has 1 aromatic rings. The molecule has 0 fully saturated rings. The molecule has 0 radical (unpaired) electrons. The summed E-state index contributed by atoms with van der Waals surface area (Å²) in [5, 5.41) is 4.26. The van der Waals surface area contributed by atoms with Gasteiger partial charge >= 0.3 is 0 Å². The largest absolute Gasteiger partial charge is 0.313 e. The SMILES string of the molecule is CNC(CC(C)CC(C)C)c1ccc(Cl)cc1C. The topological polar surface area (TPSA) is 12.0 Å². The fraction of sp³-hybridized carbons (Fsp3) is 0.625. The maximum absolute atomic E-state index is 6.02. The highest BCUT2D eigenvalue weighted by atomic mass is 35.5. The van der Waals surface area contributed by atoms with E-state index in [-0.39, 0.29) is 0 Å². The first kappa shape index (κ1) is 15.5. The molecule has 0 aliphatic rings.